The van der Waals surface area contributed by atoms with Crippen LogP contribution in [0.25, 0.3) is 0 Å². The summed E-state index contributed by atoms with van der Waals surface area (Å²) >= 11 is 0. The van der Waals surface area contributed by atoms with Crippen molar-refractivity contribution in [1.29, 1.82) is 0 Å². The Hall–Kier alpha value is -5.05. The fraction of sp³-hybridized carbons (Fsp3) is 0.312. The predicted octanol–water partition coefficient (Wildman–Crippen LogP) is 3.79. The van der Waals surface area contributed by atoms with Crippen LogP contribution in [0.15, 0.2) is 59.5 Å². The summed E-state index contributed by atoms with van der Waals surface area (Å²) in [6.45, 7) is 1.10. The third-order valence-corrected chi connectivity index (χ3v) is 10.6. The standard InChI is InChI=1S/C32H32F2N4O8S/c1-16(39)36-19-5-10-27(47(44,45)20-6-7-20)22(15-19)29-21(32(42)43)11-12-38(29)31(41)28(17-3-9-24(34)26(14-17)46-2)37-25-13-18(30(35)40)4-8-23(25)33/h3-5,8-10,13-15,20-21,28-29,37H,6-7,11-12H2,1-2H3,(H2,35,40)(H,36,39)(H,42,43)/t21-,28-,29-/m1/s1. The van der Waals surface area contributed by atoms with Crippen LogP contribution in [0.5, 0.6) is 5.75 Å². The van der Waals surface area contributed by atoms with Gasteiger partial charge in [0.2, 0.25) is 17.7 Å². The molecule has 1 saturated carbocycles. The number of primary amides is 1. The van der Waals surface area contributed by atoms with Gasteiger partial charge in [0.1, 0.15) is 11.9 Å². The number of nitrogens with one attached hydrogen (secondary N) is 2. The second kappa shape index (κ2) is 13.0. The van der Waals surface area contributed by atoms with E-state index in [0.717, 1.165) is 24.3 Å². The number of benzene rings is 3. The first kappa shape index (κ1) is 33.3. The molecule has 0 spiro atoms. The average Bonchev–Trinajstić information content (AvgIpc) is 3.79. The zero-order valence-electron chi connectivity index (χ0n) is 25.3. The number of amides is 3. The van der Waals surface area contributed by atoms with Gasteiger partial charge in [0.05, 0.1) is 34.9 Å². The molecule has 3 aromatic carbocycles. The Morgan fingerprint density at radius 3 is 2.32 bits per heavy atom. The number of halogens is 2. The summed E-state index contributed by atoms with van der Waals surface area (Å²) in [5, 5.41) is 14.9. The van der Waals surface area contributed by atoms with Crippen LogP contribution in [0, 0.1) is 17.6 Å². The first-order chi connectivity index (χ1) is 22.2. The minimum absolute atomic E-state index is 0.00116. The molecule has 47 heavy (non-hydrogen) atoms. The lowest BCUT2D eigenvalue weighted by Crippen LogP contribution is -2.40. The van der Waals surface area contributed by atoms with Crippen LogP contribution < -0.4 is 21.1 Å². The van der Waals surface area contributed by atoms with Crippen molar-refractivity contribution in [3.8, 4) is 5.75 Å². The van der Waals surface area contributed by atoms with E-state index in [9.17, 15) is 37.1 Å². The van der Waals surface area contributed by atoms with Crippen LogP contribution in [-0.2, 0) is 24.2 Å². The number of nitrogens with zero attached hydrogens (tertiary/aromatic N) is 1. The average molecular weight is 671 g/mol. The van der Waals surface area contributed by atoms with E-state index in [4.69, 9.17) is 10.5 Å². The molecule has 0 unspecified atom stereocenters. The fourth-order valence-corrected chi connectivity index (χ4v) is 7.70. The second-order valence-electron chi connectivity index (χ2n) is 11.4. The van der Waals surface area contributed by atoms with Gasteiger partial charge in [-0.05, 0) is 78.9 Å². The molecule has 248 valence electrons. The fourth-order valence-electron chi connectivity index (χ4n) is 5.81. The van der Waals surface area contributed by atoms with Crippen molar-refractivity contribution in [2.45, 2.75) is 48.4 Å². The molecule has 3 aromatic rings. The molecule has 1 aliphatic carbocycles. The van der Waals surface area contributed by atoms with Crippen molar-refractivity contribution in [3.63, 3.8) is 0 Å². The number of carbonyl (C=O) groups is 4. The van der Waals surface area contributed by atoms with Gasteiger partial charge < -0.3 is 31.1 Å². The second-order valence-corrected chi connectivity index (χ2v) is 13.6. The van der Waals surface area contributed by atoms with E-state index in [0.29, 0.717) is 12.8 Å². The number of hydrogen-bond donors (Lipinski definition) is 4. The van der Waals surface area contributed by atoms with Gasteiger partial charge in [-0.25, -0.2) is 17.2 Å². The number of likely N-dealkylation sites (tertiary alicyclic amines) is 1. The quantitative estimate of drug-likeness (QED) is 0.236. The van der Waals surface area contributed by atoms with Crippen molar-refractivity contribution >= 4 is 44.9 Å². The number of sulfone groups is 1. The van der Waals surface area contributed by atoms with E-state index in [1.54, 1.807) is 0 Å². The third-order valence-electron chi connectivity index (χ3n) is 8.22. The minimum atomic E-state index is -3.94. The third kappa shape index (κ3) is 6.75. The highest BCUT2D eigenvalue weighted by molar-refractivity contribution is 7.92. The molecule has 3 amide bonds. The number of nitrogens with two attached hydrogens (primary N) is 1. The molecule has 1 saturated heterocycles. The first-order valence-corrected chi connectivity index (χ1v) is 16.2. The maximum Gasteiger partial charge on any atom is 0.309 e. The smallest absolute Gasteiger partial charge is 0.309 e. The lowest BCUT2D eigenvalue weighted by molar-refractivity contribution is -0.143. The molecule has 0 aromatic heterocycles. The Morgan fingerprint density at radius 2 is 1.70 bits per heavy atom. The van der Waals surface area contributed by atoms with Crippen molar-refractivity contribution in [2.24, 2.45) is 11.7 Å². The van der Waals surface area contributed by atoms with E-state index in [1.807, 2.05) is 0 Å². The van der Waals surface area contributed by atoms with E-state index in [2.05, 4.69) is 10.6 Å². The number of carboxylic acids is 1. The first-order valence-electron chi connectivity index (χ1n) is 14.6. The van der Waals surface area contributed by atoms with Gasteiger partial charge in [-0.3, -0.25) is 19.2 Å². The lowest BCUT2D eigenvalue weighted by Gasteiger charge is -2.33. The Kier molecular flexibility index (Phi) is 9.20. The molecule has 2 fully saturated rings. The van der Waals surface area contributed by atoms with Crippen LogP contribution >= 0.6 is 0 Å². The summed E-state index contributed by atoms with van der Waals surface area (Å²) in [4.78, 5) is 51.9. The normalized spacial score (nSPS) is 18.3. The Morgan fingerprint density at radius 1 is 1.00 bits per heavy atom. The van der Waals surface area contributed by atoms with Gasteiger partial charge in [-0.1, -0.05) is 6.07 Å². The molecule has 5 rings (SSSR count). The molecule has 3 atom stereocenters. The zero-order valence-corrected chi connectivity index (χ0v) is 26.1. The number of methoxy groups -OCH3 is 1. The highest BCUT2D eigenvalue weighted by Crippen LogP contribution is 2.45. The highest BCUT2D eigenvalue weighted by atomic mass is 32.2. The SMILES string of the molecule is COc1cc([C@@H](Nc2cc(C(N)=O)ccc2F)C(=O)N2CC[C@@H](C(=O)O)[C@@H]2c2cc(NC(C)=O)ccc2S(=O)(=O)C2CC2)ccc1F. The molecule has 1 aliphatic heterocycles. The largest absolute Gasteiger partial charge is 0.494 e. The molecule has 0 radical (unpaired) electrons. The minimum Gasteiger partial charge on any atom is -0.494 e. The van der Waals surface area contributed by atoms with Crippen LogP contribution in [0.4, 0.5) is 20.2 Å². The van der Waals surface area contributed by atoms with Gasteiger partial charge in [0.15, 0.2) is 21.4 Å². The summed E-state index contributed by atoms with van der Waals surface area (Å²) in [6, 6.07) is 7.88. The molecule has 0 bridgehead atoms. The predicted molar refractivity (Wildman–Crippen MR) is 165 cm³/mol. The summed E-state index contributed by atoms with van der Waals surface area (Å²) in [6.07, 6.45) is 0.766. The van der Waals surface area contributed by atoms with Gasteiger partial charge in [-0.15, -0.1) is 0 Å². The van der Waals surface area contributed by atoms with Crippen molar-refractivity contribution in [1.82, 2.24) is 4.90 Å². The monoisotopic (exact) mass is 670 g/mol. The molecule has 2 aliphatic rings. The summed E-state index contributed by atoms with van der Waals surface area (Å²) in [5.74, 6) is -6.55. The van der Waals surface area contributed by atoms with Gasteiger partial charge >= 0.3 is 5.97 Å². The van der Waals surface area contributed by atoms with Crippen molar-refractivity contribution in [3.05, 3.63) is 82.9 Å². The van der Waals surface area contributed by atoms with E-state index in [1.165, 1.54) is 49.3 Å². The van der Waals surface area contributed by atoms with Gasteiger partial charge in [0.25, 0.3) is 0 Å². The van der Waals surface area contributed by atoms with Crippen molar-refractivity contribution in [2.75, 3.05) is 24.3 Å². The van der Waals surface area contributed by atoms with Gasteiger partial charge in [0, 0.05) is 24.7 Å². The molecular formula is C32H32F2N4O8S. The number of ether oxygens (including phenoxy) is 1. The molecule has 5 N–H and O–H groups in total. The van der Waals surface area contributed by atoms with Crippen molar-refractivity contribution < 1.29 is 46.2 Å². The number of rotatable bonds is 11. The van der Waals surface area contributed by atoms with Gasteiger partial charge in [-0.2, -0.15) is 0 Å². The van der Waals surface area contributed by atoms with Crippen LogP contribution in [0.2, 0.25) is 0 Å². The zero-order chi connectivity index (χ0) is 34.2. The number of hydrogen-bond acceptors (Lipinski definition) is 8. The number of aliphatic carboxylic acids is 1. The van der Waals surface area contributed by atoms with E-state index < -0.39 is 68.4 Å². The molecule has 1 heterocycles. The highest BCUT2D eigenvalue weighted by Gasteiger charge is 2.47. The Balaban J connectivity index is 1.67. The number of carbonyl (C=O) groups excluding carboxylic acids is 3. The Labute approximate surface area is 268 Å². The number of anilines is 2. The summed E-state index contributed by atoms with van der Waals surface area (Å²) in [7, 11) is -2.73. The summed E-state index contributed by atoms with van der Waals surface area (Å²) in [5.41, 5.74) is 5.27. The lowest BCUT2D eigenvalue weighted by atomic mass is 9.92. The van der Waals surface area contributed by atoms with E-state index >= 15 is 4.39 Å². The van der Waals surface area contributed by atoms with Crippen LogP contribution in [-0.4, -0.2) is 61.0 Å². The Bertz CT molecular complexity index is 1880. The summed E-state index contributed by atoms with van der Waals surface area (Å²) < 4.78 is 61.8. The molecule has 12 nitrogen and oxygen atoms in total. The van der Waals surface area contributed by atoms with E-state index in [-0.39, 0.29) is 51.7 Å². The topological polar surface area (TPSA) is 185 Å². The molecular weight excluding hydrogens is 638 g/mol. The van der Waals surface area contributed by atoms with Crippen LogP contribution in [0.3, 0.4) is 0 Å². The number of carboxylic acid groups (broad SMARTS) is 1. The maximum atomic E-state index is 15.1. The molecule has 15 heteroatoms. The maximum absolute atomic E-state index is 15.1. The van der Waals surface area contributed by atoms with Crippen LogP contribution in [0.1, 0.15) is 59.8 Å².